The third-order valence-electron chi connectivity index (χ3n) is 2.66. The molecule has 2 aromatic carbocycles. The van der Waals surface area contributed by atoms with Crippen LogP contribution in [-0.4, -0.2) is 6.26 Å². The minimum atomic E-state index is 1.24. The topological polar surface area (TPSA) is 0 Å². The molecule has 2 rings (SSSR count). The molecule has 1 heteroatoms. The van der Waals surface area contributed by atoms with E-state index in [9.17, 15) is 0 Å². The molecule has 0 radical (unpaired) electrons. The van der Waals surface area contributed by atoms with Gasteiger partial charge in [0.15, 0.2) is 0 Å². The van der Waals surface area contributed by atoms with Crippen molar-refractivity contribution in [2.45, 2.75) is 11.8 Å². The Bertz CT molecular complexity index is 492. The number of hydrogen-bond donors (Lipinski definition) is 0. The van der Waals surface area contributed by atoms with E-state index < -0.39 is 0 Å². The van der Waals surface area contributed by atoms with Gasteiger partial charge in [0.1, 0.15) is 0 Å². The summed E-state index contributed by atoms with van der Waals surface area (Å²) in [5, 5.41) is 0. The van der Waals surface area contributed by atoms with Crippen molar-refractivity contribution in [2.75, 3.05) is 6.26 Å². The standard InChI is InChI=1S/C16H16S/c1-13-3-5-14(6-4-13)7-8-15-9-11-16(17-2)12-10-15/h3-12H,1-2H3. The van der Waals surface area contributed by atoms with Gasteiger partial charge in [-0.15, -0.1) is 11.8 Å². The van der Waals surface area contributed by atoms with Crippen molar-refractivity contribution in [3.8, 4) is 0 Å². The van der Waals surface area contributed by atoms with E-state index in [1.54, 1.807) is 11.8 Å². The quantitative estimate of drug-likeness (QED) is 0.544. The molecule has 0 amide bonds. The molecule has 0 heterocycles. The summed E-state index contributed by atoms with van der Waals surface area (Å²) in [5.41, 5.74) is 3.78. The van der Waals surface area contributed by atoms with Gasteiger partial charge in [0, 0.05) is 4.90 Å². The van der Waals surface area contributed by atoms with E-state index in [1.807, 2.05) is 0 Å². The summed E-state index contributed by atoms with van der Waals surface area (Å²) in [4.78, 5) is 1.30. The predicted octanol–water partition coefficient (Wildman–Crippen LogP) is 4.89. The molecule has 0 saturated heterocycles. The van der Waals surface area contributed by atoms with E-state index in [2.05, 4.69) is 73.9 Å². The lowest BCUT2D eigenvalue weighted by molar-refractivity contribution is 1.45. The van der Waals surface area contributed by atoms with Gasteiger partial charge in [-0.2, -0.15) is 0 Å². The third kappa shape index (κ3) is 3.50. The molecule has 0 bridgehead atoms. The maximum atomic E-state index is 2.15. The van der Waals surface area contributed by atoms with Gasteiger partial charge >= 0.3 is 0 Å². The first kappa shape index (κ1) is 12.0. The van der Waals surface area contributed by atoms with Crippen molar-refractivity contribution in [3.05, 3.63) is 65.2 Å². The number of benzene rings is 2. The maximum absolute atomic E-state index is 2.15. The fraction of sp³-hybridized carbons (Fsp3) is 0.125. The van der Waals surface area contributed by atoms with Gasteiger partial charge in [-0.1, -0.05) is 54.1 Å². The zero-order valence-corrected chi connectivity index (χ0v) is 11.0. The highest BCUT2D eigenvalue weighted by molar-refractivity contribution is 7.98. The molecule has 17 heavy (non-hydrogen) atoms. The van der Waals surface area contributed by atoms with Crippen LogP contribution in [0.5, 0.6) is 0 Å². The van der Waals surface area contributed by atoms with Gasteiger partial charge in [-0.25, -0.2) is 0 Å². The first-order chi connectivity index (χ1) is 8.28. The Morgan fingerprint density at radius 3 is 1.71 bits per heavy atom. The van der Waals surface area contributed by atoms with Gasteiger partial charge in [0.2, 0.25) is 0 Å². The van der Waals surface area contributed by atoms with E-state index in [1.165, 1.54) is 21.6 Å². The molecule has 0 aliphatic carbocycles. The zero-order valence-electron chi connectivity index (χ0n) is 10.2. The summed E-state index contributed by atoms with van der Waals surface area (Å²) in [6, 6.07) is 17.2. The summed E-state index contributed by atoms with van der Waals surface area (Å²) in [6.45, 7) is 2.11. The molecule has 0 aliphatic rings. The fourth-order valence-corrected chi connectivity index (χ4v) is 1.99. The molecular weight excluding hydrogens is 224 g/mol. The van der Waals surface area contributed by atoms with Crippen molar-refractivity contribution in [3.63, 3.8) is 0 Å². The Morgan fingerprint density at radius 2 is 1.24 bits per heavy atom. The lowest BCUT2D eigenvalue weighted by Gasteiger charge is -1.98. The molecule has 0 atom stereocenters. The van der Waals surface area contributed by atoms with E-state index >= 15 is 0 Å². The Labute approximate surface area is 107 Å². The van der Waals surface area contributed by atoms with Crippen LogP contribution in [-0.2, 0) is 0 Å². The van der Waals surface area contributed by atoms with Crippen LogP contribution in [0.4, 0.5) is 0 Å². The molecule has 0 aliphatic heterocycles. The molecule has 0 saturated carbocycles. The first-order valence-corrected chi connectivity index (χ1v) is 6.89. The molecule has 0 spiro atoms. The van der Waals surface area contributed by atoms with Crippen LogP contribution in [0.2, 0.25) is 0 Å². The number of aryl methyl sites for hydroxylation is 1. The minimum absolute atomic E-state index is 1.24. The highest BCUT2D eigenvalue weighted by Crippen LogP contribution is 2.16. The van der Waals surface area contributed by atoms with Crippen LogP contribution < -0.4 is 0 Å². The smallest absolute Gasteiger partial charge is 0.00695 e. The van der Waals surface area contributed by atoms with E-state index in [0.717, 1.165) is 0 Å². The molecule has 2 aromatic rings. The Kier molecular flexibility index (Phi) is 4.05. The van der Waals surface area contributed by atoms with E-state index in [4.69, 9.17) is 0 Å². The summed E-state index contributed by atoms with van der Waals surface area (Å²) >= 11 is 1.77. The largest absolute Gasteiger partial charge is 0.130 e. The van der Waals surface area contributed by atoms with Gasteiger partial charge < -0.3 is 0 Å². The zero-order chi connectivity index (χ0) is 12.1. The molecular formula is C16H16S. The second kappa shape index (κ2) is 5.74. The van der Waals surface area contributed by atoms with Gasteiger partial charge in [-0.3, -0.25) is 0 Å². The Hall–Kier alpha value is -1.47. The fourth-order valence-electron chi connectivity index (χ4n) is 1.59. The van der Waals surface area contributed by atoms with E-state index in [-0.39, 0.29) is 0 Å². The Morgan fingerprint density at radius 1 is 0.765 bits per heavy atom. The Balaban J connectivity index is 2.11. The minimum Gasteiger partial charge on any atom is -0.130 e. The highest BCUT2D eigenvalue weighted by atomic mass is 32.2. The second-order valence-corrected chi connectivity index (χ2v) is 4.90. The average molecular weight is 240 g/mol. The van der Waals surface area contributed by atoms with Crippen molar-refractivity contribution in [1.82, 2.24) is 0 Å². The van der Waals surface area contributed by atoms with Gasteiger partial charge in [0.05, 0.1) is 0 Å². The van der Waals surface area contributed by atoms with Crippen molar-refractivity contribution >= 4 is 23.9 Å². The molecule has 0 fully saturated rings. The van der Waals surface area contributed by atoms with Crippen molar-refractivity contribution in [1.29, 1.82) is 0 Å². The lowest BCUT2D eigenvalue weighted by atomic mass is 10.1. The van der Waals surface area contributed by atoms with Crippen LogP contribution in [0.1, 0.15) is 16.7 Å². The molecule has 0 nitrogen and oxygen atoms in total. The normalized spacial score (nSPS) is 10.9. The summed E-state index contributed by atoms with van der Waals surface area (Å²) < 4.78 is 0. The van der Waals surface area contributed by atoms with Crippen LogP contribution in [0, 0.1) is 6.92 Å². The summed E-state index contributed by atoms with van der Waals surface area (Å²) in [5.74, 6) is 0. The van der Waals surface area contributed by atoms with Gasteiger partial charge in [0.25, 0.3) is 0 Å². The van der Waals surface area contributed by atoms with Crippen LogP contribution in [0.3, 0.4) is 0 Å². The van der Waals surface area contributed by atoms with Gasteiger partial charge in [-0.05, 0) is 36.4 Å². The molecule has 0 aromatic heterocycles. The number of rotatable bonds is 3. The van der Waals surface area contributed by atoms with Crippen molar-refractivity contribution < 1.29 is 0 Å². The summed E-state index contributed by atoms with van der Waals surface area (Å²) in [7, 11) is 0. The molecule has 0 unspecified atom stereocenters. The molecule has 0 N–H and O–H groups in total. The first-order valence-electron chi connectivity index (χ1n) is 5.67. The maximum Gasteiger partial charge on any atom is 0.00695 e. The number of thioether (sulfide) groups is 1. The average Bonchev–Trinajstić information content (AvgIpc) is 2.39. The van der Waals surface area contributed by atoms with Crippen LogP contribution in [0.15, 0.2) is 53.4 Å². The third-order valence-corrected chi connectivity index (χ3v) is 3.40. The van der Waals surface area contributed by atoms with Crippen LogP contribution >= 0.6 is 11.8 Å². The molecule has 86 valence electrons. The highest BCUT2D eigenvalue weighted by Gasteiger charge is 1.90. The van der Waals surface area contributed by atoms with E-state index in [0.29, 0.717) is 0 Å². The monoisotopic (exact) mass is 240 g/mol. The lowest BCUT2D eigenvalue weighted by Crippen LogP contribution is -1.75. The number of hydrogen-bond acceptors (Lipinski definition) is 1. The predicted molar refractivity (Wildman–Crippen MR) is 78.3 cm³/mol. The summed E-state index contributed by atoms with van der Waals surface area (Å²) in [6.07, 6.45) is 6.39. The second-order valence-electron chi connectivity index (χ2n) is 4.02. The van der Waals surface area contributed by atoms with Crippen LogP contribution in [0.25, 0.3) is 12.2 Å². The van der Waals surface area contributed by atoms with Crippen molar-refractivity contribution in [2.24, 2.45) is 0 Å². The SMILES string of the molecule is CSc1ccc(C=Cc2ccc(C)cc2)cc1.